The van der Waals surface area contributed by atoms with Crippen LogP contribution < -0.4 is 9.64 Å². The van der Waals surface area contributed by atoms with Gasteiger partial charge in [-0.15, -0.1) is 0 Å². The van der Waals surface area contributed by atoms with Gasteiger partial charge >= 0.3 is 0 Å². The van der Waals surface area contributed by atoms with Gasteiger partial charge in [0.1, 0.15) is 5.75 Å². The van der Waals surface area contributed by atoms with E-state index in [1.54, 1.807) is 31.6 Å². The van der Waals surface area contributed by atoms with Crippen molar-refractivity contribution in [2.45, 2.75) is 0 Å². The molecule has 0 spiro atoms. The molecule has 0 saturated carbocycles. The average Bonchev–Trinajstić information content (AvgIpc) is 2.82. The molecule has 1 saturated heterocycles. The summed E-state index contributed by atoms with van der Waals surface area (Å²) in [5.74, 6) is 0.463. The Hall–Kier alpha value is -2.18. The number of carbonyl (C=O) groups is 1. The van der Waals surface area contributed by atoms with Crippen molar-refractivity contribution in [2.24, 2.45) is 0 Å². The highest BCUT2D eigenvalue weighted by Crippen LogP contribution is 2.39. The van der Waals surface area contributed by atoms with Gasteiger partial charge in [0, 0.05) is 12.4 Å². The zero-order chi connectivity index (χ0) is 15.5. The minimum Gasteiger partial charge on any atom is -0.495 e. The molecule has 0 radical (unpaired) electrons. The van der Waals surface area contributed by atoms with Crippen molar-refractivity contribution < 1.29 is 9.53 Å². The Bertz CT molecular complexity index is 760. The van der Waals surface area contributed by atoms with Crippen molar-refractivity contribution in [3.8, 4) is 5.75 Å². The van der Waals surface area contributed by atoms with Gasteiger partial charge in [-0.3, -0.25) is 14.7 Å². The Balaban J connectivity index is 1.97. The smallest absolute Gasteiger partial charge is 0.270 e. The topological polar surface area (TPSA) is 42.4 Å². The van der Waals surface area contributed by atoms with Crippen LogP contribution in [0.4, 0.5) is 5.69 Å². The number of aromatic nitrogens is 1. The van der Waals surface area contributed by atoms with Crippen LogP contribution in [0.15, 0.2) is 53.7 Å². The van der Waals surface area contributed by atoms with Crippen molar-refractivity contribution in [2.75, 3.05) is 12.0 Å². The van der Waals surface area contributed by atoms with E-state index >= 15 is 0 Å². The number of anilines is 1. The minimum atomic E-state index is -0.150. The molecule has 2 heterocycles. The second-order valence-corrected chi connectivity index (χ2v) is 6.15. The van der Waals surface area contributed by atoms with Crippen molar-refractivity contribution in [1.29, 1.82) is 0 Å². The Kier molecular flexibility index (Phi) is 4.22. The lowest BCUT2D eigenvalue weighted by molar-refractivity contribution is -0.113. The molecule has 0 aliphatic carbocycles. The summed E-state index contributed by atoms with van der Waals surface area (Å²) in [6, 6.07) is 11.0. The minimum absolute atomic E-state index is 0.150. The van der Waals surface area contributed by atoms with E-state index in [9.17, 15) is 4.79 Å². The Morgan fingerprint density at radius 2 is 2.09 bits per heavy atom. The molecule has 0 unspecified atom stereocenters. The quantitative estimate of drug-likeness (QED) is 0.637. The van der Waals surface area contributed by atoms with E-state index in [0.29, 0.717) is 20.7 Å². The molecule has 1 fully saturated rings. The molecule has 4 nitrogen and oxygen atoms in total. The molecular formula is C16H12N2O2S2. The lowest BCUT2D eigenvalue weighted by atomic mass is 10.2. The SMILES string of the molecule is COc1ccccc1N1C(=O)/C(=C/c2cccnc2)SC1=S. The third-order valence-corrected chi connectivity index (χ3v) is 4.40. The Labute approximate surface area is 137 Å². The molecule has 1 aromatic heterocycles. The monoisotopic (exact) mass is 328 g/mol. The molecule has 0 N–H and O–H groups in total. The molecule has 3 rings (SSSR count). The second kappa shape index (κ2) is 6.29. The summed E-state index contributed by atoms with van der Waals surface area (Å²) in [5.41, 5.74) is 1.52. The zero-order valence-corrected chi connectivity index (χ0v) is 13.4. The number of nitrogens with zero attached hydrogens (tertiary/aromatic N) is 2. The van der Waals surface area contributed by atoms with E-state index in [2.05, 4.69) is 4.98 Å². The summed E-state index contributed by atoms with van der Waals surface area (Å²) < 4.78 is 5.81. The van der Waals surface area contributed by atoms with Gasteiger partial charge in [0.15, 0.2) is 4.32 Å². The van der Waals surface area contributed by atoms with Crippen molar-refractivity contribution in [3.63, 3.8) is 0 Å². The number of thioether (sulfide) groups is 1. The van der Waals surface area contributed by atoms with Crippen molar-refractivity contribution in [1.82, 2.24) is 4.98 Å². The number of hydrogen-bond donors (Lipinski definition) is 0. The number of ether oxygens (including phenoxy) is 1. The Morgan fingerprint density at radius 3 is 2.82 bits per heavy atom. The number of carbonyl (C=O) groups excluding carboxylic acids is 1. The van der Waals surface area contributed by atoms with Crippen LogP contribution in [0.2, 0.25) is 0 Å². The van der Waals surface area contributed by atoms with Gasteiger partial charge < -0.3 is 4.74 Å². The molecule has 6 heteroatoms. The number of pyridine rings is 1. The maximum atomic E-state index is 12.7. The number of thiocarbonyl (C=S) groups is 1. The number of para-hydroxylation sites is 2. The largest absolute Gasteiger partial charge is 0.495 e. The van der Waals surface area contributed by atoms with E-state index in [0.717, 1.165) is 5.56 Å². The van der Waals surface area contributed by atoms with Gasteiger partial charge in [-0.25, -0.2) is 0 Å². The van der Waals surface area contributed by atoms with Crippen LogP contribution in [0.3, 0.4) is 0 Å². The zero-order valence-electron chi connectivity index (χ0n) is 11.7. The normalized spacial score (nSPS) is 16.4. The van der Waals surface area contributed by atoms with Crippen LogP contribution in [0.1, 0.15) is 5.56 Å². The van der Waals surface area contributed by atoms with E-state index in [4.69, 9.17) is 17.0 Å². The van der Waals surface area contributed by atoms with E-state index in [1.807, 2.05) is 30.3 Å². The predicted octanol–water partition coefficient (Wildman–Crippen LogP) is 3.50. The van der Waals surface area contributed by atoms with Crippen LogP contribution in [-0.4, -0.2) is 22.3 Å². The first-order valence-electron chi connectivity index (χ1n) is 6.51. The molecule has 110 valence electrons. The number of rotatable bonds is 3. The van der Waals surface area contributed by atoms with E-state index < -0.39 is 0 Å². The molecule has 0 atom stereocenters. The molecule has 1 aliphatic heterocycles. The summed E-state index contributed by atoms with van der Waals surface area (Å²) in [4.78, 5) is 18.8. The number of benzene rings is 1. The summed E-state index contributed by atoms with van der Waals surface area (Å²) in [6.45, 7) is 0. The molecular weight excluding hydrogens is 316 g/mol. The fraction of sp³-hybridized carbons (Fsp3) is 0.0625. The standard InChI is InChI=1S/C16H12N2O2S2/c1-20-13-7-3-2-6-12(13)18-15(19)14(22-16(18)21)9-11-5-4-8-17-10-11/h2-10H,1H3/b14-9-. The number of amides is 1. The molecule has 1 aliphatic rings. The highest BCUT2D eigenvalue weighted by molar-refractivity contribution is 8.27. The summed E-state index contributed by atoms with van der Waals surface area (Å²) >= 11 is 6.63. The summed E-state index contributed by atoms with van der Waals surface area (Å²) in [7, 11) is 1.57. The van der Waals surface area contributed by atoms with Gasteiger partial charge in [0.05, 0.1) is 17.7 Å². The third-order valence-electron chi connectivity index (χ3n) is 3.10. The Morgan fingerprint density at radius 1 is 1.27 bits per heavy atom. The van der Waals surface area contributed by atoms with Crippen molar-refractivity contribution >= 4 is 46.0 Å². The van der Waals surface area contributed by atoms with Gasteiger partial charge in [0.25, 0.3) is 5.91 Å². The van der Waals surface area contributed by atoms with Gasteiger partial charge in [-0.2, -0.15) is 0 Å². The van der Waals surface area contributed by atoms with Crippen LogP contribution in [0.25, 0.3) is 6.08 Å². The lowest BCUT2D eigenvalue weighted by Crippen LogP contribution is -2.27. The fourth-order valence-electron chi connectivity index (χ4n) is 2.10. The van der Waals surface area contributed by atoms with E-state index in [-0.39, 0.29) is 5.91 Å². The van der Waals surface area contributed by atoms with Gasteiger partial charge in [0.2, 0.25) is 0 Å². The number of hydrogen-bond acceptors (Lipinski definition) is 5. The van der Waals surface area contributed by atoms with Gasteiger partial charge in [-0.05, 0) is 29.8 Å². The summed E-state index contributed by atoms with van der Waals surface area (Å²) in [6.07, 6.45) is 5.19. The molecule has 1 amide bonds. The van der Waals surface area contributed by atoms with Crippen LogP contribution in [0, 0.1) is 0 Å². The molecule has 1 aromatic carbocycles. The molecule has 22 heavy (non-hydrogen) atoms. The average molecular weight is 328 g/mol. The van der Waals surface area contributed by atoms with Crippen LogP contribution in [-0.2, 0) is 4.79 Å². The van der Waals surface area contributed by atoms with Crippen LogP contribution >= 0.6 is 24.0 Å². The predicted molar refractivity (Wildman–Crippen MR) is 92.9 cm³/mol. The second-order valence-electron chi connectivity index (χ2n) is 4.48. The molecule has 0 bridgehead atoms. The highest BCUT2D eigenvalue weighted by atomic mass is 32.2. The maximum Gasteiger partial charge on any atom is 0.270 e. The fourth-order valence-corrected chi connectivity index (χ4v) is 3.39. The summed E-state index contributed by atoms with van der Waals surface area (Å²) in [5, 5.41) is 0. The van der Waals surface area contributed by atoms with E-state index in [1.165, 1.54) is 16.7 Å². The first kappa shape index (κ1) is 14.7. The lowest BCUT2D eigenvalue weighted by Gasteiger charge is -2.17. The maximum absolute atomic E-state index is 12.7. The number of methoxy groups -OCH3 is 1. The first-order chi connectivity index (χ1) is 10.7. The molecule has 2 aromatic rings. The van der Waals surface area contributed by atoms with Crippen molar-refractivity contribution in [3.05, 3.63) is 59.3 Å². The van der Waals surface area contributed by atoms with Gasteiger partial charge in [-0.1, -0.05) is 42.2 Å². The first-order valence-corrected chi connectivity index (χ1v) is 7.74. The third kappa shape index (κ3) is 2.75. The van der Waals surface area contributed by atoms with Crippen LogP contribution in [0.5, 0.6) is 5.75 Å². The highest BCUT2D eigenvalue weighted by Gasteiger charge is 2.34.